The van der Waals surface area contributed by atoms with E-state index in [0.717, 1.165) is 17.7 Å². The zero-order valence-electron chi connectivity index (χ0n) is 13.1. The Bertz CT molecular complexity index is 791. The Morgan fingerprint density at radius 3 is 2.71 bits per heavy atom. The summed E-state index contributed by atoms with van der Waals surface area (Å²) in [7, 11) is 0. The number of benzene rings is 1. The Labute approximate surface area is 139 Å². The summed E-state index contributed by atoms with van der Waals surface area (Å²) in [5.74, 6) is 1.13. The number of nitrogens with zero attached hydrogens (tertiary/aromatic N) is 4. The Morgan fingerprint density at radius 2 is 1.92 bits per heavy atom. The third-order valence-corrected chi connectivity index (χ3v) is 4.32. The lowest BCUT2D eigenvalue weighted by molar-refractivity contribution is 0.148. The lowest BCUT2D eigenvalue weighted by Crippen LogP contribution is -2.22. The molecule has 4 rings (SSSR count). The topological polar surface area (TPSA) is 75.3 Å². The second kappa shape index (κ2) is 6.41. The molecule has 1 aliphatic rings. The van der Waals surface area contributed by atoms with Crippen LogP contribution in [0.4, 0.5) is 5.95 Å². The molecule has 0 saturated carbocycles. The fourth-order valence-corrected chi connectivity index (χ4v) is 3.05. The van der Waals surface area contributed by atoms with E-state index in [4.69, 9.17) is 4.52 Å². The van der Waals surface area contributed by atoms with Crippen LogP contribution in [0, 0.1) is 5.92 Å². The van der Waals surface area contributed by atoms with E-state index in [9.17, 15) is 5.11 Å². The quantitative estimate of drug-likeness (QED) is 0.793. The molecular weight excluding hydrogens is 304 g/mol. The molecule has 0 unspecified atom stereocenters. The number of rotatable bonds is 4. The van der Waals surface area contributed by atoms with E-state index >= 15 is 0 Å². The number of anilines is 1. The van der Waals surface area contributed by atoms with Crippen LogP contribution in [0.3, 0.4) is 0 Å². The highest BCUT2D eigenvalue weighted by Gasteiger charge is 2.33. The van der Waals surface area contributed by atoms with Crippen LogP contribution in [0.15, 0.2) is 59.3 Å². The maximum absolute atomic E-state index is 10.4. The van der Waals surface area contributed by atoms with Gasteiger partial charge in [-0.1, -0.05) is 24.3 Å². The fraction of sp³-hybridized carbons (Fsp3) is 0.278. The summed E-state index contributed by atoms with van der Waals surface area (Å²) in [6.07, 6.45) is 2.09. The van der Waals surface area contributed by atoms with Crippen molar-refractivity contribution in [1.82, 2.24) is 15.1 Å². The largest absolute Gasteiger partial charge is 0.391 e. The highest BCUT2D eigenvalue weighted by Crippen LogP contribution is 2.26. The van der Waals surface area contributed by atoms with Crippen LogP contribution in [0.25, 0.3) is 11.5 Å². The number of pyridine rings is 1. The molecule has 1 saturated heterocycles. The SMILES string of the molecule is O[C@@H]1CN(c2noc(-c3ccccc3)n2)C[C@H]1Cc1ccccn1. The number of aliphatic hydroxyl groups is 1. The summed E-state index contributed by atoms with van der Waals surface area (Å²) in [5.41, 5.74) is 1.88. The molecule has 3 heterocycles. The Hall–Kier alpha value is -2.73. The number of aromatic nitrogens is 3. The van der Waals surface area contributed by atoms with E-state index in [1.165, 1.54) is 0 Å². The smallest absolute Gasteiger partial charge is 0.266 e. The van der Waals surface area contributed by atoms with Gasteiger partial charge in [0.2, 0.25) is 0 Å². The first kappa shape index (κ1) is 14.8. The molecule has 6 heteroatoms. The van der Waals surface area contributed by atoms with Gasteiger partial charge in [-0.3, -0.25) is 4.98 Å². The van der Waals surface area contributed by atoms with Crippen LogP contribution in [-0.2, 0) is 6.42 Å². The van der Waals surface area contributed by atoms with Crippen LogP contribution in [0.5, 0.6) is 0 Å². The normalized spacial score (nSPS) is 20.5. The molecule has 0 aliphatic carbocycles. The molecule has 24 heavy (non-hydrogen) atoms. The van der Waals surface area contributed by atoms with Crippen molar-refractivity contribution in [3.05, 3.63) is 60.4 Å². The van der Waals surface area contributed by atoms with Crippen LogP contribution >= 0.6 is 0 Å². The molecule has 2 atom stereocenters. The third-order valence-electron chi connectivity index (χ3n) is 4.32. The van der Waals surface area contributed by atoms with Crippen molar-refractivity contribution in [2.45, 2.75) is 12.5 Å². The predicted molar refractivity (Wildman–Crippen MR) is 89.4 cm³/mol. The molecule has 6 nitrogen and oxygen atoms in total. The van der Waals surface area contributed by atoms with Gasteiger partial charge < -0.3 is 14.5 Å². The molecule has 122 valence electrons. The lowest BCUT2D eigenvalue weighted by Gasteiger charge is -2.12. The highest BCUT2D eigenvalue weighted by molar-refractivity contribution is 5.54. The van der Waals surface area contributed by atoms with E-state index in [-0.39, 0.29) is 5.92 Å². The molecule has 1 aromatic carbocycles. The Balaban J connectivity index is 1.47. The van der Waals surface area contributed by atoms with Gasteiger partial charge in [0, 0.05) is 36.5 Å². The Morgan fingerprint density at radius 1 is 1.08 bits per heavy atom. The van der Waals surface area contributed by atoms with Crippen LogP contribution < -0.4 is 4.90 Å². The number of β-amino-alcohol motifs (C(OH)–C–C–N with tert-alkyl or cyclic N) is 1. The summed E-state index contributed by atoms with van der Waals surface area (Å²) in [4.78, 5) is 10.8. The second-order valence-corrected chi connectivity index (χ2v) is 6.02. The van der Waals surface area contributed by atoms with Crippen molar-refractivity contribution in [3.63, 3.8) is 0 Å². The van der Waals surface area contributed by atoms with Gasteiger partial charge in [0.1, 0.15) is 0 Å². The van der Waals surface area contributed by atoms with E-state index in [0.29, 0.717) is 24.9 Å². The molecule has 0 radical (unpaired) electrons. The van der Waals surface area contributed by atoms with Gasteiger partial charge in [0.15, 0.2) is 0 Å². The minimum atomic E-state index is -0.425. The predicted octanol–water partition coefficient (Wildman–Crippen LogP) is 2.17. The number of hydrogen-bond donors (Lipinski definition) is 1. The zero-order chi connectivity index (χ0) is 16.4. The summed E-state index contributed by atoms with van der Waals surface area (Å²) in [6.45, 7) is 1.19. The minimum Gasteiger partial charge on any atom is -0.391 e. The standard InChI is InChI=1S/C18H18N4O2/c23-16-12-22(11-14(16)10-15-8-4-5-9-19-15)18-20-17(24-21-18)13-6-2-1-3-7-13/h1-9,14,16,23H,10-12H2/t14-,16-/m1/s1. The third kappa shape index (κ3) is 3.00. The van der Waals surface area contributed by atoms with Crippen molar-refractivity contribution < 1.29 is 9.63 Å². The van der Waals surface area contributed by atoms with E-state index < -0.39 is 6.10 Å². The molecule has 0 bridgehead atoms. The van der Waals surface area contributed by atoms with Crippen LogP contribution in [-0.4, -0.2) is 39.4 Å². The molecule has 0 spiro atoms. The molecule has 3 aromatic rings. The van der Waals surface area contributed by atoms with Gasteiger partial charge in [0.25, 0.3) is 11.8 Å². The summed E-state index contributed by atoms with van der Waals surface area (Å²) in [5, 5.41) is 14.4. The maximum Gasteiger partial charge on any atom is 0.266 e. The summed E-state index contributed by atoms with van der Waals surface area (Å²) in [6, 6.07) is 15.5. The molecular formula is C18H18N4O2. The first-order chi connectivity index (χ1) is 11.8. The molecule has 0 amide bonds. The fourth-order valence-electron chi connectivity index (χ4n) is 3.05. The molecule has 1 N–H and O–H groups in total. The van der Waals surface area contributed by atoms with Crippen molar-refractivity contribution in [2.24, 2.45) is 5.92 Å². The van der Waals surface area contributed by atoms with Crippen molar-refractivity contribution in [1.29, 1.82) is 0 Å². The van der Waals surface area contributed by atoms with E-state index in [1.807, 2.05) is 53.4 Å². The first-order valence-corrected chi connectivity index (χ1v) is 8.01. The van der Waals surface area contributed by atoms with E-state index in [1.54, 1.807) is 6.20 Å². The van der Waals surface area contributed by atoms with Crippen molar-refractivity contribution in [3.8, 4) is 11.5 Å². The van der Waals surface area contributed by atoms with Crippen LogP contribution in [0.2, 0.25) is 0 Å². The van der Waals surface area contributed by atoms with Gasteiger partial charge in [-0.2, -0.15) is 4.98 Å². The van der Waals surface area contributed by atoms with Gasteiger partial charge in [-0.15, -0.1) is 0 Å². The van der Waals surface area contributed by atoms with Gasteiger partial charge in [0.05, 0.1) is 6.10 Å². The van der Waals surface area contributed by atoms with Crippen molar-refractivity contribution in [2.75, 3.05) is 18.0 Å². The molecule has 2 aromatic heterocycles. The first-order valence-electron chi connectivity index (χ1n) is 8.01. The molecule has 1 aliphatic heterocycles. The number of hydrogen-bond acceptors (Lipinski definition) is 6. The highest BCUT2D eigenvalue weighted by atomic mass is 16.5. The second-order valence-electron chi connectivity index (χ2n) is 6.02. The van der Waals surface area contributed by atoms with Crippen LogP contribution in [0.1, 0.15) is 5.69 Å². The Kier molecular flexibility index (Phi) is 3.96. The van der Waals surface area contributed by atoms with Crippen molar-refractivity contribution >= 4 is 5.95 Å². The summed E-state index contributed by atoms with van der Waals surface area (Å²) < 4.78 is 5.36. The van der Waals surface area contributed by atoms with Gasteiger partial charge >= 0.3 is 0 Å². The number of aliphatic hydroxyl groups excluding tert-OH is 1. The monoisotopic (exact) mass is 322 g/mol. The summed E-state index contributed by atoms with van der Waals surface area (Å²) >= 11 is 0. The maximum atomic E-state index is 10.4. The molecule has 1 fully saturated rings. The van der Waals surface area contributed by atoms with Gasteiger partial charge in [-0.25, -0.2) is 0 Å². The average molecular weight is 322 g/mol. The van der Waals surface area contributed by atoms with E-state index in [2.05, 4.69) is 15.1 Å². The zero-order valence-corrected chi connectivity index (χ0v) is 13.1. The lowest BCUT2D eigenvalue weighted by atomic mass is 10.00. The van der Waals surface area contributed by atoms with Gasteiger partial charge in [-0.05, 0) is 35.8 Å². The average Bonchev–Trinajstić information content (AvgIpc) is 3.24. The minimum absolute atomic E-state index is 0.110.